The van der Waals surface area contributed by atoms with E-state index in [-0.39, 0.29) is 17.9 Å². The van der Waals surface area contributed by atoms with Crippen molar-refractivity contribution in [3.63, 3.8) is 0 Å². The molecule has 2 unspecified atom stereocenters. The van der Waals surface area contributed by atoms with Crippen molar-refractivity contribution in [2.45, 2.75) is 38.6 Å². The van der Waals surface area contributed by atoms with Gasteiger partial charge in [0.05, 0.1) is 13.2 Å². The molecule has 4 nitrogen and oxygen atoms in total. The molecule has 0 bridgehead atoms. The Labute approximate surface area is 189 Å². The zero-order valence-corrected chi connectivity index (χ0v) is 18.9. The van der Waals surface area contributed by atoms with E-state index in [0.717, 1.165) is 34.4 Å². The number of aryl methyl sites for hydroxylation is 1. The molecule has 0 aliphatic carbocycles. The molecule has 0 aliphatic rings. The summed E-state index contributed by atoms with van der Waals surface area (Å²) in [6.07, 6.45) is 3.37. The average molecular weight is 427 g/mol. The number of ether oxygens (including phenoxy) is 1. The fourth-order valence-electron chi connectivity index (χ4n) is 4.40. The summed E-state index contributed by atoms with van der Waals surface area (Å²) in [5.41, 5.74) is 5.72. The van der Waals surface area contributed by atoms with Crippen molar-refractivity contribution in [3.8, 4) is 5.75 Å². The molecule has 4 rings (SSSR count). The molecule has 164 valence electrons. The number of aromatic nitrogens is 1. The Kier molecular flexibility index (Phi) is 6.60. The minimum Gasteiger partial charge on any atom is -0.497 e. The number of nitrogens with one attached hydrogen (secondary N) is 2. The number of amides is 1. The van der Waals surface area contributed by atoms with E-state index in [9.17, 15) is 4.79 Å². The van der Waals surface area contributed by atoms with Crippen LogP contribution in [0.15, 0.2) is 79.0 Å². The van der Waals surface area contributed by atoms with Crippen LogP contribution >= 0.6 is 0 Å². The molecule has 1 amide bonds. The summed E-state index contributed by atoms with van der Waals surface area (Å²) in [7, 11) is 1.67. The molecule has 0 fully saturated rings. The van der Waals surface area contributed by atoms with Gasteiger partial charge in [-0.3, -0.25) is 4.79 Å². The van der Waals surface area contributed by atoms with Crippen LogP contribution in [-0.4, -0.2) is 18.0 Å². The minimum atomic E-state index is -0.0890. The number of hydrogen-bond acceptors (Lipinski definition) is 2. The monoisotopic (exact) mass is 426 g/mol. The van der Waals surface area contributed by atoms with E-state index in [1.54, 1.807) is 7.11 Å². The van der Waals surface area contributed by atoms with Crippen molar-refractivity contribution in [3.05, 3.63) is 101 Å². The summed E-state index contributed by atoms with van der Waals surface area (Å²) in [6, 6.07) is 24.4. The molecule has 0 spiro atoms. The maximum atomic E-state index is 13.2. The molecule has 1 heterocycles. The first-order valence-corrected chi connectivity index (χ1v) is 11.2. The number of carbonyl (C=O) groups is 1. The minimum absolute atomic E-state index is 0.0233. The van der Waals surface area contributed by atoms with E-state index >= 15 is 0 Å². The van der Waals surface area contributed by atoms with Crippen LogP contribution in [0.1, 0.15) is 54.5 Å². The van der Waals surface area contributed by atoms with Gasteiger partial charge in [-0.1, -0.05) is 67.6 Å². The number of methoxy groups -OCH3 is 1. The number of fused-ring (bicyclic) bond motifs is 1. The Hall–Kier alpha value is -3.53. The number of hydrogen-bond donors (Lipinski definition) is 2. The number of para-hydroxylation sites is 1. The first-order chi connectivity index (χ1) is 15.6. The second kappa shape index (κ2) is 9.73. The number of H-pyrrole nitrogens is 1. The standard InChI is InChI=1S/C28H30N2O2/c1-4-20-12-9-15-24-26(18-29-28(20)24)25(22-13-8-14-23(16-22)32-3)17-27(31)30-19(2)21-10-6-5-7-11-21/h5-16,18-19,25,29H,4,17H2,1-3H3,(H,30,31). The number of aromatic amines is 1. The van der Waals surface area contributed by atoms with Gasteiger partial charge in [-0.05, 0) is 47.7 Å². The van der Waals surface area contributed by atoms with E-state index in [4.69, 9.17) is 4.74 Å². The molecule has 32 heavy (non-hydrogen) atoms. The lowest BCUT2D eigenvalue weighted by Crippen LogP contribution is -2.28. The Balaban J connectivity index is 1.68. The van der Waals surface area contributed by atoms with Crippen LogP contribution in [0.5, 0.6) is 5.75 Å². The van der Waals surface area contributed by atoms with Crippen molar-refractivity contribution < 1.29 is 9.53 Å². The van der Waals surface area contributed by atoms with Crippen molar-refractivity contribution in [2.75, 3.05) is 7.11 Å². The second-order valence-corrected chi connectivity index (χ2v) is 8.17. The number of carbonyl (C=O) groups excluding carboxylic acids is 1. The molecule has 2 atom stereocenters. The van der Waals surface area contributed by atoms with Gasteiger partial charge >= 0.3 is 0 Å². The zero-order valence-electron chi connectivity index (χ0n) is 18.9. The molecule has 3 aromatic carbocycles. The fraction of sp³-hybridized carbons (Fsp3) is 0.250. The SMILES string of the molecule is CCc1cccc2c(C(CC(=O)NC(C)c3ccccc3)c3cccc(OC)c3)c[nH]c12. The summed E-state index contributed by atoms with van der Waals surface area (Å²) in [5, 5.41) is 4.34. The quantitative estimate of drug-likeness (QED) is 0.356. The molecular formula is C28H30N2O2. The second-order valence-electron chi connectivity index (χ2n) is 8.17. The van der Waals surface area contributed by atoms with Crippen LogP contribution in [0.25, 0.3) is 10.9 Å². The lowest BCUT2D eigenvalue weighted by Gasteiger charge is -2.20. The molecule has 0 radical (unpaired) electrons. The molecule has 2 N–H and O–H groups in total. The van der Waals surface area contributed by atoms with E-state index in [1.165, 1.54) is 10.9 Å². The van der Waals surface area contributed by atoms with Gasteiger partial charge in [-0.2, -0.15) is 0 Å². The van der Waals surface area contributed by atoms with Gasteiger partial charge in [0.25, 0.3) is 0 Å². The Bertz CT molecular complexity index is 1200. The lowest BCUT2D eigenvalue weighted by atomic mass is 9.87. The van der Waals surface area contributed by atoms with E-state index < -0.39 is 0 Å². The highest BCUT2D eigenvalue weighted by molar-refractivity contribution is 5.88. The predicted octanol–water partition coefficient (Wildman–Crippen LogP) is 6.14. The van der Waals surface area contributed by atoms with Gasteiger partial charge in [0.1, 0.15) is 5.75 Å². The third-order valence-electron chi connectivity index (χ3n) is 6.15. The van der Waals surface area contributed by atoms with Crippen LogP contribution in [0, 0.1) is 0 Å². The van der Waals surface area contributed by atoms with E-state index in [0.29, 0.717) is 6.42 Å². The summed E-state index contributed by atoms with van der Waals surface area (Å²) in [5.74, 6) is 0.726. The molecule has 4 aromatic rings. The van der Waals surface area contributed by atoms with Crippen molar-refractivity contribution in [1.82, 2.24) is 10.3 Å². The van der Waals surface area contributed by atoms with Crippen molar-refractivity contribution in [1.29, 1.82) is 0 Å². The van der Waals surface area contributed by atoms with Crippen LogP contribution in [0.2, 0.25) is 0 Å². The topological polar surface area (TPSA) is 54.1 Å². The largest absolute Gasteiger partial charge is 0.497 e. The van der Waals surface area contributed by atoms with Crippen molar-refractivity contribution >= 4 is 16.8 Å². The van der Waals surface area contributed by atoms with Gasteiger partial charge < -0.3 is 15.0 Å². The third-order valence-corrected chi connectivity index (χ3v) is 6.15. The number of benzene rings is 3. The van der Waals surface area contributed by atoms with Gasteiger partial charge in [0.2, 0.25) is 5.91 Å². The van der Waals surface area contributed by atoms with Crippen molar-refractivity contribution in [2.24, 2.45) is 0 Å². The molecule has 0 saturated heterocycles. The van der Waals surface area contributed by atoms with Gasteiger partial charge in [-0.25, -0.2) is 0 Å². The van der Waals surface area contributed by atoms with Crippen LogP contribution < -0.4 is 10.1 Å². The zero-order chi connectivity index (χ0) is 22.5. The Morgan fingerprint density at radius 1 is 1.00 bits per heavy atom. The number of rotatable bonds is 8. The van der Waals surface area contributed by atoms with E-state index in [2.05, 4.69) is 47.7 Å². The van der Waals surface area contributed by atoms with Crippen LogP contribution in [0.3, 0.4) is 0 Å². The Morgan fingerprint density at radius 3 is 2.50 bits per heavy atom. The molecule has 0 saturated carbocycles. The average Bonchev–Trinajstić information content (AvgIpc) is 3.27. The highest BCUT2D eigenvalue weighted by Gasteiger charge is 2.23. The summed E-state index contributed by atoms with van der Waals surface area (Å²) < 4.78 is 5.47. The fourth-order valence-corrected chi connectivity index (χ4v) is 4.40. The molecule has 4 heteroatoms. The predicted molar refractivity (Wildman–Crippen MR) is 130 cm³/mol. The van der Waals surface area contributed by atoms with Gasteiger partial charge in [-0.15, -0.1) is 0 Å². The molecular weight excluding hydrogens is 396 g/mol. The highest BCUT2D eigenvalue weighted by Crippen LogP contribution is 2.36. The van der Waals surface area contributed by atoms with E-state index in [1.807, 2.05) is 55.5 Å². The normalized spacial score (nSPS) is 13.0. The van der Waals surface area contributed by atoms with Crippen LogP contribution in [-0.2, 0) is 11.2 Å². The first-order valence-electron chi connectivity index (χ1n) is 11.2. The first kappa shape index (κ1) is 21.7. The molecule has 0 aliphatic heterocycles. The van der Waals surface area contributed by atoms with Gasteiger partial charge in [0, 0.05) is 29.4 Å². The summed E-state index contributed by atoms with van der Waals surface area (Å²) >= 11 is 0. The smallest absolute Gasteiger partial charge is 0.221 e. The molecule has 1 aromatic heterocycles. The maximum Gasteiger partial charge on any atom is 0.221 e. The van der Waals surface area contributed by atoms with Gasteiger partial charge in [0.15, 0.2) is 0 Å². The highest BCUT2D eigenvalue weighted by atomic mass is 16.5. The lowest BCUT2D eigenvalue weighted by molar-refractivity contribution is -0.121. The third kappa shape index (κ3) is 4.54. The Morgan fingerprint density at radius 2 is 1.75 bits per heavy atom. The van der Waals surface area contributed by atoms with Crippen LogP contribution in [0.4, 0.5) is 0 Å². The summed E-state index contributed by atoms with van der Waals surface area (Å²) in [6.45, 7) is 4.18. The maximum absolute atomic E-state index is 13.2. The summed E-state index contributed by atoms with van der Waals surface area (Å²) in [4.78, 5) is 16.6.